The van der Waals surface area contributed by atoms with Gasteiger partial charge in [0.2, 0.25) is 41.4 Å². The van der Waals surface area contributed by atoms with E-state index in [1.807, 2.05) is 40.0 Å². The van der Waals surface area contributed by atoms with Crippen molar-refractivity contribution in [1.82, 2.24) is 30.2 Å². The Bertz CT molecular complexity index is 1920. The van der Waals surface area contributed by atoms with Gasteiger partial charge in [0.05, 0.1) is 41.9 Å². The quantitative estimate of drug-likeness (QED) is 0.0610. The van der Waals surface area contributed by atoms with Crippen molar-refractivity contribution in [3.63, 3.8) is 0 Å². The third-order valence-electron chi connectivity index (χ3n) is 13.6. The van der Waals surface area contributed by atoms with Crippen LogP contribution in [0, 0.1) is 17.8 Å². The number of carboxylic acids is 1. The van der Waals surface area contributed by atoms with E-state index in [9.17, 15) is 43.5 Å². The highest BCUT2D eigenvalue weighted by Crippen LogP contribution is 2.30. The molecule has 10 atom stereocenters. The number of thioether (sulfide) groups is 1. The van der Waals surface area contributed by atoms with Gasteiger partial charge < -0.3 is 39.9 Å². The Morgan fingerprint density at radius 2 is 1.60 bits per heavy atom. The lowest BCUT2D eigenvalue weighted by atomic mass is 9.89. The van der Waals surface area contributed by atoms with Gasteiger partial charge in [0.1, 0.15) is 18.1 Å². The molecule has 3 rings (SSSR count). The highest BCUT2D eigenvalue weighted by Gasteiger charge is 2.44. The fourth-order valence-corrected chi connectivity index (χ4v) is 10.1. The number of methoxy groups -OCH3 is 2. The normalized spacial score (nSPS) is 19.6. The van der Waals surface area contributed by atoms with E-state index in [1.165, 1.54) is 42.8 Å². The minimum absolute atomic E-state index is 0.0921. The molecule has 380 valence electrons. The van der Waals surface area contributed by atoms with E-state index < -0.39 is 72.0 Å². The fraction of sp³-hybridized carbons (Fsp3) is 0.680. The first kappa shape index (κ1) is 57.5. The smallest absolute Gasteiger partial charge is 0.326 e. The number of carbonyl (C=O) groups is 8. The maximum Gasteiger partial charge on any atom is 0.326 e. The van der Waals surface area contributed by atoms with Crippen molar-refractivity contribution in [3.8, 4) is 0 Å². The number of hydrogen-bond acceptors (Lipinski definition) is 11. The summed E-state index contributed by atoms with van der Waals surface area (Å²) in [6.07, 6.45) is 4.15. The maximum absolute atomic E-state index is 14.6. The van der Waals surface area contributed by atoms with Crippen molar-refractivity contribution >= 4 is 59.1 Å². The van der Waals surface area contributed by atoms with Crippen LogP contribution < -0.4 is 10.6 Å². The number of amides is 7. The summed E-state index contributed by atoms with van der Waals surface area (Å²) in [6, 6.07) is 4.70. The Kier molecular flexibility index (Phi) is 23.2. The van der Waals surface area contributed by atoms with Crippen LogP contribution in [-0.2, 0) is 54.3 Å². The van der Waals surface area contributed by atoms with Crippen LogP contribution in [0.2, 0.25) is 0 Å². The number of unbranched alkanes of at least 4 members (excludes halogenated alkanes) is 2. The topological polar surface area (TPSA) is 212 Å². The van der Waals surface area contributed by atoms with Gasteiger partial charge in [-0.05, 0) is 61.8 Å². The van der Waals surface area contributed by atoms with Crippen LogP contribution in [-0.4, -0.2) is 167 Å². The lowest BCUT2D eigenvalue weighted by molar-refractivity contribution is -0.148. The van der Waals surface area contributed by atoms with Crippen molar-refractivity contribution in [3.05, 3.63) is 48.0 Å². The van der Waals surface area contributed by atoms with Crippen LogP contribution in [0.15, 0.2) is 42.5 Å². The van der Waals surface area contributed by atoms with E-state index >= 15 is 0 Å². The zero-order valence-electron chi connectivity index (χ0n) is 42.2. The van der Waals surface area contributed by atoms with Gasteiger partial charge in [-0.2, -0.15) is 11.8 Å². The van der Waals surface area contributed by atoms with Gasteiger partial charge in [-0.25, -0.2) is 4.79 Å². The van der Waals surface area contributed by atoms with Crippen LogP contribution in [0.3, 0.4) is 0 Å². The molecule has 68 heavy (non-hydrogen) atoms. The summed E-state index contributed by atoms with van der Waals surface area (Å²) in [4.78, 5) is 113. The molecule has 0 saturated carbocycles. The van der Waals surface area contributed by atoms with Gasteiger partial charge in [-0.3, -0.25) is 38.5 Å². The molecule has 0 spiro atoms. The molecule has 0 radical (unpaired) electrons. The van der Waals surface area contributed by atoms with Crippen LogP contribution in [0.25, 0.3) is 0 Å². The summed E-state index contributed by atoms with van der Waals surface area (Å²) in [5.74, 6) is -4.84. The van der Waals surface area contributed by atoms with E-state index in [1.54, 1.807) is 55.0 Å². The van der Waals surface area contributed by atoms with E-state index in [0.717, 1.165) is 5.56 Å². The molecular weight excluding hydrogens is 893 g/mol. The second-order valence-electron chi connectivity index (χ2n) is 18.8. The molecule has 0 aliphatic carbocycles. The molecule has 0 bridgehead atoms. The zero-order chi connectivity index (χ0) is 51.0. The van der Waals surface area contributed by atoms with Gasteiger partial charge in [0, 0.05) is 60.7 Å². The monoisotopic (exact) mass is 971 g/mol. The third kappa shape index (κ3) is 15.1. The van der Waals surface area contributed by atoms with Crippen molar-refractivity contribution in [2.45, 2.75) is 153 Å². The van der Waals surface area contributed by atoms with Crippen LogP contribution in [0.1, 0.15) is 105 Å². The Morgan fingerprint density at radius 1 is 0.941 bits per heavy atom. The number of rotatable bonds is 28. The first-order chi connectivity index (χ1) is 32.1. The molecule has 1 aromatic rings. The first-order valence-electron chi connectivity index (χ1n) is 23.9. The predicted molar refractivity (Wildman–Crippen MR) is 261 cm³/mol. The molecular formula is C50H78N6O11S. The standard InChI is InChI=1S/C50H78N6O11S/c1-13-32(6)44(37(66-10)28-40(58)55-26-20-23-36(55)45(67-11)33(7)46(60)51-35(50(64)65)27-34-21-16-14-17-22-34)54(9)49(63)42(30(2)3)52-47(61)43(31(4)5)53(8)39(57)24-18-15-19-25-56-41(59)29-38(68-12)48(56)62/h14,16-17,21-22,30,32-33,35-38,42-45H,4,13,15,18-20,23-29H2,1-3,5-12H3,(H,51,60)(H,52,61)(H,64,65)/t32-,33+,35-,36-,37+,38?,42-,43-,44-,45+/m0/s1. The number of aliphatic carboxylic acids is 1. The Balaban J connectivity index is 1.70. The number of likely N-dealkylation sites (N-methyl/N-ethyl adjacent to an activating group) is 2. The van der Waals surface area contributed by atoms with Gasteiger partial charge in [0.15, 0.2) is 0 Å². The van der Waals surface area contributed by atoms with Gasteiger partial charge in [-0.15, -0.1) is 0 Å². The highest BCUT2D eigenvalue weighted by atomic mass is 32.2. The number of imide groups is 1. The fourth-order valence-electron chi connectivity index (χ4n) is 9.47. The molecule has 2 fully saturated rings. The Labute approximate surface area is 407 Å². The molecule has 2 saturated heterocycles. The lowest BCUT2D eigenvalue weighted by Gasteiger charge is -2.41. The number of ether oxygens (including phenoxy) is 2. The van der Waals surface area contributed by atoms with Crippen molar-refractivity contribution in [2.24, 2.45) is 17.8 Å². The van der Waals surface area contributed by atoms with Crippen LogP contribution >= 0.6 is 11.8 Å². The molecule has 2 aliphatic rings. The molecule has 7 amide bonds. The van der Waals surface area contributed by atoms with E-state index in [4.69, 9.17) is 9.47 Å². The number of carbonyl (C=O) groups excluding carboxylic acids is 7. The molecule has 0 aromatic heterocycles. The highest BCUT2D eigenvalue weighted by molar-refractivity contribution is 8.00. The zero-order valence-corrected chi connectivity index (χ0v) is 43.0. The summed E-state index contributed by atoms with van der Waals surface area (Å²) >= 11 is 1.37. The van der Waals surface area contributed by atoms with E-state index in [2.05, 4.69) is 17.2 Å². The number of benzene rings is 1. The summed E-state index contributed by atoms with van der Waals surface area (Å²) < 4.78 is 11.9. The second kappa shape index (κ2) is 27.4. The summed E-state index contributed by atoms with van der Waals surface area (Å²) in [6.45, 7) is 15.6. The number of hydrogen-bond donors (Lipinski definition) is 3. The van der Waals surface area contributed by atoms with E-state index in [-0.39, 0.29) is 66.4 Å². The number of nitrogens with zero attached hydrogens (tertiary/aromatic N) is 4. The minimum atomic E-state index is -1.16. The lowest BCUT2D eigenvalue weighted by Crippen LogP contribution is -2.60. The number of carboxylic acid groups (broad SMARTS) is 1. The average molecular weight is 971 g/mol. The molecule has 17 nitrogen and oxygen atoms in total. The van der Waals surface area contributed by atoms with Crippen molar-refractivity contribution in [2.75, 3.05) is 47.7 Å². The number of likely N-dealkylation sites (tertiary alicyclic amines) is 2. The summed E-state index contributed by atoms with van der Waals surface area (Å²) in [5.41, 5.74) is 1.17. The summed E-state index contributed by atoms with van der Waals surface area (Å²) in [7, 11) is 6.13. The van der Waals surface area contributed by atoms with Crippen molar-refractivity contribution in [1.29, 1.82) is 0 Å². The SMILES string of the molecule is C=C(C)[C@@H](C(=O)N[C@H](C(=O)N(C)[C@@H]([C@@H](C)CC)[C@@H](CC(=O)N1CCC[C@H]1[C@H](OC)[C@@H](C)C(=O)N[C@@H](Cc1ccccc1)C(=O)O)OC)C(C)C)N(C)C(=O)CCCCCN1C(=O)CC(SC)C1=O. The molecule has 1 unspecified atom stereocenters. The van der Waals surface area contributed by atoms with Gasteiger partial charge in [0.25, 0.3) is 0 Å². The molecule has 2 aliphatic heterocycles. The predicted octanol–water partition coefficient (Wildman–Crippen LogP) is 4.31. The Hall–Kier alpha value is -4.81. The van der Waals surface area contributed by atoms with Crippen LogP contribution in [0.5, 0.6) is 0 Å². The van der Waals surface area contributed by atoms with E-state index in [0.29, 0.717) is 57.2 Å². The largest absolute Gasteiger partial charge is 0.480 e. The maximum atomic E-state index is 14.6. The Morgan fingerprint density at radius 3 is 2.15 bits per heavy atom. The molecule has 1 aromatic carbocycles. The first-order valence-corrected chi connectivity index (χ1v) is 25.2. The van der Waals surface area contributed by atoms with Crippen LogP contribution in [0.4, 0.5) is 0 Å². The molecule has 3 N–H and O–H groups in total. The van der Waals surface area contributed by atoms with Gasteiger partial charge >= 0.3 is 5.97 Å². The second-order valence-corrected chi connectivity index (χ2v) is 19.8. The molecule has 18 heteroatoms. The minimum Gasteiger partial charge on any atom is -0.480 e. The number of nitrogens with one attached hydrogen (secondary N) is 2. The van der Waals surface area contributed by atoms with Gasteiger partial charge in [-0.1, -0.05) is 84.4 Å². The molecule has 2 heterocycles. The van der Waals surface area contributed by atoms with Crippen molar-refractivity contribution < 1.29 is 52.9 Å². The average Bonchev–Trinajstić information content (AvgIpc) is 3.90. The third-order valence-corrected chi connectivity index (χ3v) is 14.6. The summed E-state index contributed by atoms with van der Waals surface area (Å²) in [5, 5.41) is 15.2.